The SMILES string of the molecule is CC/C=C\C/C=C\C/C=C\C/C=C\C/C=C\C/C=C\CCC(=O)OC(COC(=O)CCCCCCC/C=C\C/C=C\CCC)COC(=O)CCCCCCCCCCCCCCCCCCCCCCCCCCCCCCCCCCC. The Kier molecular flexibility index (Phi) is 67.7. The van der Waals surface area contributed by atoms with Crippen molar-refractivity contribution in [3.05, 3.63) is 97.2 Å². The summed E-state index contributed by atoms with van der Waals surface area (Å²) in [4.78, 5) is 38.3. The highest BCUT2D eigenvalue weighted by molar-refractivity contribution is 5.71. The maximum absolute atomic E-state index is 12.9. The highest BCUT2D eigenvalue weighted by Gasteiger charge is 2.19. The molecule has 0 aliphatic heterocycles. The fourth-order valence-electron chi connectivity index (χ4n) is 10.3. The van der Waals surface area contributed by atoms with Crippen LogP contribution in [0.25, 0.3) is 0 Å². The van der Waals surface area contributed by atoms with Gasteiger partial charge in [0.05, 0.1) is 0 Å². The largest absolute Gasteiger partial charge is 0.462 e. The molecule has 0 aliphatic rings. The lowest BCUT2D eigenvalue weighted by molar-refractivity contribution is -0.166. The highest BCUT2D eigenvalue weighted by Crippen LogP contribution is 2.18. The van der Waals surface area contributed by atoms with Gasteiger partial charge in [-0.15, -0.1) is 0 Å². The van der Waals surface area contributed by atoms with Crippen LogP contribution in [0.4, 0.5) is 0 Å². The Balaban J connectivity index is 4.21. The van der Waals surface area contributed by atoms with E-state index in [4.69, 9.17) is 14.2 Å². The van der Waals surface area contributed by atoms with E-state index in [1.807, 2.05) is 6.08 Å². The van der Waals surface area contributed by atoms with Gasteiger partial charge >= 0.3 is 17.9 Å². The average Bonchev–Trinajstić information content (AvgIpc) is 3.49. The van der Waals surface area contributed by atoms with E-state index in [0.29, 0.717) is 19.3 Å². The standard InChI is InChI=1S/C77H134O6/c1-4-7-10-13-16-19-22-25-27-29-31-32-33-34-35-36-37-38-39-40-41-42-43-44-46-47-49-52-55-58-61-64-67-70-76(79)82-73-74(72-81-75(78)69-66-63-60-57-54-51-24-21-18-15-12-9-6-3)83-77(80)71-68-65-62-59-56-53-50-48-45-30-28-26-23-20-17-14-11-8-5-2/h8,11-12,15,17,20-21,24,26,28,45,48,53,56,62,65,74H,4-7,9-10,13-14,16,18-19,22-23,25,27,29-44,46-47,49-52,54-55,57-61,63-64,66-73H2,1-3H3/b11-8-,15-12-,20-17-,24-21-,28-26-,48-45-,56-53-,65-62-. The second kappa shape index (κ2) is 70.8. The van der Waals surface area contributed by atoms with Crippen molar-refractivity contribution in [2.45, 2.75) is 361 Å². The Morgan fingerprint density at radius 1 is 0.253 bits per heavy atom. The molecule has 0 radical (unpaired) electrons. The van der Waals surface area contributed by atoms with Crippen LogP contribution in [0, 0.1) is 0 Å². The summed E-state index contributed by atoms with van der Waals surface area (Å²) in [6.45, 7) is 6.43. The summed E-state index contributed by atoms with van der Waals surface area (Å²) in [5, 5.41) is 0. The maximum Gasteiger partial charge on any atom is 0.306 e. The predicted octanol–water partition coefficient (Wildman–Crippen LogP) is 24.8. The molecule has 0 amide bonds. The summed E-state index contributed by atoms with van der Waals surface area (Å²) in [5.74, 6) is -0.998. The van der Waals surface area contributed by atoms with Gasteiger partial charge in [-0.05, 0) is 83.5 Å². The van der Waals surface area contributed by atoms with E-state index in [1.54, 1.807) is 0 Å². The molecule has 83 heavy (non-hydrogen) atoms. The summed E-state index contributed by atoms with van der Waals surface area (Å²) in [7, 11) is 0. The molecule has 6 heteroatoms. The molecular formula is C77H134O6. The quantitative estimate of drug-likeness (QED) is 0.0261. The van der Waals surface area contributed by atoms with E-state index in [2.05, 4.69) is 112 Å². The smallest absolute Gasteiger partial charge is 0.306 e. The molecule has 0 spiro atoms. The molecule has 1 atom stereocenters. The van der Waals surface area contributed by atoms with E-state index in [0.717, 1.165) is 109 Å². The molecule has 0 bridgehead atoms. The van der Waals surface area contributed by atoms with Gasteiger partial charge in [0.25, 0.3) is 0 Å². The second-order valence-corrected chi connectivity index (χ2v) is 23.8. The Morgan fingerprint density at radius 2 is 0.518 bits per heavy atom. The number of hydrogen-bond acceptors (Lipinski definition) is 6. The molecule has 0 saturated heterocycles. The van der Waals surface area contributed by atoms with Crippen LogP contribution in [-0.2, 0) is 28.6 Å². The second-order valence-electron chi connectivity index (χ2n) is 23.8. The molecule has 478 valence electrons. The Bertz CT molecular complexity index is 1610. The van der Waals surface area contributed by atoms with Gasteiger partial charge < -0.3 is 14.2 Å². The third-order valence-corrected chi connectivity index (χ3v) is 15.6. The topological polar surface area (TPSA) is 78.9 Å². The van der Waals surface area contributed by atoms with Crippen molar-refractivity contribution in [2.24, 2.45) is 0 Å². The zero-order valence-corrected chi connectivity index (χ0v) is 54.9. The Hall–Kier alpha value is -3.67. The molecule has 0 heterocycles. The first-order valence-electron chi connectivity index (χ1n) is 35.7. The van der Waals surface area contributed by atoms with Crippen molar-refractivity contribution >= 4 is 17.9 Å². The number of esters is 3. The fraction of sp³-hybridized carbons (Fsp3) is 0.753. The summed E-state index contributed by atoms with van der Waals surface area (Å²) >= 11 is 0. The van der Waals surface area contributed by atoms with Crippen molar-refractivity contribution < 1.29 is 28.6 Å². The predicted molar refractivity (Wildman–Crippen MR) is 362 cm³/mol. The van der Waals surface area contributed by atoms with E-state index in [1.165, 1.54) is 199 Å². The van der Waals surface area contributed by atoms with Crippen LogP contribution in [-0.4, -0.2) is 37.2 Å². The van der Waals surface area contributed by atoms with Crippen LogP contribution < -0.4 is 0 Å². The minimum atomic E-state index is -0.825. The van der Waals surface area contributed by atoms with E-state index >= 15 is 0 Å². The molecule has 0 aliphatic carbocycles. The lowest BCUT2D eigenvalue weighted by atomic mass is 10.0. The zero-order valence-electron chi connectivity index (χ0n) is 54.9. The number of carbonyl (C=O) groups is 3. The number of hydrogen-bond donors (Lipinski definition) is 0. The summed E-state index contributed by atoms with van der Waals surface area (Å²) in [6, 6.07) is 0. The van der Waals surface area contributed by atoms with Crippen molar-refractivity contribution in [3.8, 4) is 0 Å². The monoisotopic (exact) mass is 1160 g/mol. The number of ether oxygens (including phenoxy) is 3. The maximum atomic E-state index is 12.9. The van der Waals surface area contributed by atoms with Gasteiger partial charge in [0.1, 0.15) is 13.2 Å². The van der Waals surface area contributed by atoms with Crippen LogP contribution in [0.2, 0.25) is 0 Å². The normalized spacial score (nSPS) is 12.7. The van der Waals surface area contributed by atoms with Crippen LogP contribution >= 0.6 is 0 Å². The first kappa shape index (κ1) is 79.3. The van der Waals surface area contributed by atoms with Gasteiger partial charge in [0.15, 0.2) is 6.10 Å². The molecule has 0 fully saturated rings. The molecule has 0 aromatic carbocycles. The summed E-state index contributed by atoms with van der Waals surface area (Å²) in [6.07, 6.45) is 96.2. The van der Waals surface area contributed by atoms with E-state index in [9.17, 15) is 14.4 Å². The Morgan fingerprint density at radius 3 is 0.831 bits per heavy atom. The van der Waals surface area contributed by atoms with E-state index in [-0.39, 0.29) is 31.6 Å². The lowest BCUT2D eigenvalue weighted by Gasteiger charge is -2.18. The minimum absolute atomic E-state index is 0.110. The molecule has 0 N–H and O–H groups in total. The third-order valence-electron chi connectivity index (χ3n) is 15.6. The molecule has 0 aromatic rings. The fourth-order valence-corrected chi connectivity index (χ4v) is 10.3. The van der Waals surface area contributed by atoms with Crippen LogP contribution in [0.1, 0.15) is 355 Å². The van der Waals surface area contributed by atoms with Crippen LogP contribution in [0.15, 0.2) is 97.2 Å². The van der Waals surface area contributed by atoms with Crippen LogP contribution in [0.3, 0.4) is 0 Å². The summed E-state index contributed by atoms with van der Waals surface area (Å²) in [5.41, 5.74) is 0. The van der Waals surface area contributed by atoms with Gasteiger partial charge in [-0.25, -0.2) is 0 Å². The molecular weight excluding hydrogens is 1020 g/mol. The van der Waals surface area contributed by atoms with Gasteiger partial charge in [-0.3, -0.25) is 14.4 Å². The molecule has 1 unspecified atom stereocenters. The van der Waals surface area contributed by atoms with Gasteiger partial charge in [-0.2, -0.15) is 0 Å². The molecule has 0 rings (SSSR count). The van der Waals surface area contributed by atoms with Crippen LogP contribution in [0.5, 0.6) is 0 Å². The lowest BCUT2D eigenvalue weighted by Crippen LogP contribution is -2.30. The number of unbranched alkanes of at least 4 members (excludes halogenated alkanes) is 38. The number of carbonyl (C=O) groups excluding carboxylic acids is 3. The third kappa shape index (κ3) is 69.0. The molecule has 0 aromatic heterocycles. The first-order valence-corrected chi connectivity index (χ1v) is 35.7. The zero-order chi connectivity index (χ0) is 59.9. The van der Waals surface area contributed by atoms with Crippen molar-refractivity contribution in [3.63, 3.8) is 0 Å². The van der Waals surface area contributed by atoms with Crippen molar-refractivity contribution in [1.82, 2.24) is 0 Å². The molecule has 6 nitrogen and oxygen atoms in total. The van der Waals surface area contributed by atoms with Gasteiger partial charge in [0, 0.05) is 19.3 Å². The first-order chi connectivity index (χ1) is 41.0. The molecule has 0 saturated carbocycles. The highest BCUT2D eigenvalue weighted by atomic mass is 16.6. The average molecular weight is 1160 g/mol. The van der Waals surface area contributed by atoms with Gasteiger partial charge in [-0.1, -0.05) is 349 Å². The van der Waals surface area contributed by atoms with E-state index < -0.39 is 12.1 Å². The number of allylic oxidation sites excluding steroid dienone is 16. The summed E-state index contributed by atoms with van der Waals surface area (Å²) < 4.78 is 16.9. The Labute approximate surface area is 515 Å². The van der Waals surface area contributed by atoms with Gasteiger partial charge in [0.2, 0.25) is 0 Å². The minimum Gasteiger partial charge on any atom is -0.462 e. The van der Waals surface area contributed by atoms with Crippen molar-refractivity contribution in [1.29, 1.82) is 0 Å². The number of rotatable bonds is 65. The van der Waals surface area contributed by atoms with Crippen molar-refractivity contribution in [2.75, 3.05) is 13.2 Å².